The smallest absolute Gasteiger partial charge is 0.261 e. The van der Waals surface area contributed by atoms with Crippen LogP contribution in [0.25, 0.3) is 0 Å². The van der Waals surface area contributed by atoms with Crippen molar-refractivity contribution in [1.29, 1.82) is 0 Å². The van der Waals surface area contributed by atoms with E-state index in [0.29, 0.717) is 10.8 Å². The fourth-order valence-corrected chi connectivity index (χ4v) is 4.70. The third-order valence-electron chi connectivity index (χ3n) is 3.87. The summed E-state index contributed by atoms with van der Waals surface area (Å²) in [7, 11) is -7.78. The van der Waals surface area contributed by atoms with Crippen molar-refractivity contribution < 1.29 is 21.3 Å². The van der Waals surface area contributed by atoms with Crippen molar-refractivity contribution in [1.82, 2.24) is 4.72 Å². The number of hydrogen-bond donors (Lipinski definition) is 2. The van der Waals surface area contributed by atoms with E-state index in [2.05, 4.69) is 9.44 Å². The third-order valence-corrected chi connectivity index (χ3v) is 7.05. The number of anilines is 1. The molecule has 28 heavy (non-hydrogen) atoms. The van der Waals surface area contributed by atoms with Crippen LogP contribution in [0.4, 0.5) is 5.69 Å². The van der Waals surface area contributed by atoms with Gasteiger partial charge in [0.25, 0.3) is 10.0 Å². The highest BCUT2D eigenvalue weighted by atomic mass is 35.5. The Balaban J connectivity index is 1.81. The first-order valence-corrected chi connectivity index (χ1v) is 11.4. The van der Waals surface area contributed by atoms with Crippen molar-refractivity contribution >= 4 is 37.3 Å². The molecular formula is C18H17ClN2O5S2. The van der Waals surface area contributed by atoms with E-state index < -0.39 is 20.0 Å². The molecule has 0 aliphatic rings. The second kappa shape index (κ2) is 7.96. The molecule has 0 amide bonds. The lowest BCUT2D eigenvalue weighted by Crippen LogP contribution is -2.23. The SMILES string of the molecule is Cc1ccc(S(=O)(=O)Nc2cccc(S(=O)(=O)NCc3ccco3)c2)cc1Cl. The molecule has 1 heterocycles. The van der Waals surface area contributed by atoms with E-state index in [-0.39, 0.29) is 22.0 Å². The van der Waals surface area contributed by atoms with Crippen molar-refractivity contribution in [2.75, 3.05) is 4.72 Å². The van der Waals surface area contributed by atoms with Gasteiger partial charge in [-0.1, -0.05) is 23.7 Å². The molecule has 7 nitrogen and oxygen atoms in total. The van der Waals surface area contributed by atoms with Gasteiger partial charge in [-0.2, -0.15) is 0 Å². The van der Waals surface area contributed by atoms with Crippen LogP contribution >= 0.6 is 11.6 Å². The van der Waals surface area contributed by atoms with E-state index in [1.807, 2.05) is 0 Å². The fourth-order valence-electron chi connectivity index (χ4n) is 2.34. The summed E-state index contributed by atoms with van der Waals surface area (Å²) >= 11 is 6.00. The first-order valence-electron chi connectivity index (χ1n) is 8.08. The predicted octanol–water partition coefficient (Wildman–Crippen LogP) is 3.52. The van der Waals surface area contributed by atoms with Crippen LogP contribution in [-0.4, -0.2) is 16.8 Å². The number of halogens is 1. The Bertz CT molecular complexity index is 1190. The monoisotopic (exact) mass is 440 g/mol. The highest BCUT2D eigenvalue weighted by Crippen LogP contribution is 2.23. The van der Waals surface area contributed by atoms with Gasteiger partial charge in [0.1, 0.15) is 5.76 Å². The largest absolute Gasteiger partial charge is 0.468 e. The van der Waals surface area contributed by atoms with Gasteiger partial charge in [-0.25, -0.2) is 21.6 Å². The van der Waals surface area contributed by atoms with E-state index in [4.69, 9.17) is 16.0 Å². The molecule has 0 saturated carbocycles. The maximum Gasteiger partial charge on any atom is 0.261 e. The van der Waals surface area contributed by atoms with Crippen LogP contribution in [0.5, 0.6) is 0 Å². The number of furan rings is 1. The molecule has 0 bridgehead atoms. The highest BCUT2D eigenvalue weighted by Gasteiger charge is 2.18. The summed E-state index contributed by atoms with van der Waals surface area (Å²) < 4.78 is 59.9. The standard InChI is InChI=1S/C18H17ClN2O5S2/c1-13-7-8-17(11-18(13)19)28(24,25)21-14-4-2-6-16(10-14)27(22,23)20-12-15-5-3-9-26-15/h2-11,20-21H,12H2,1H3. The molecule has 0 unspecified atom stereocenters. The molecule has 148 valence electrons. The van der Waals surface area contributed by atoms with Gasteiger partial charge in [-0.3, -0.25) is 4.72 Å². The second-order valence-corrected chi connectivity index (χ2v) is 9.80. The van der Waals surface area contributed by atoms with E-state index in [0.717, 1.165) is 5.56 Å². The molecule has 0 spiro atoms. The average molecular weight is 441 g/mol. The van der Waals surface area contributed by atoms with Crippen LogP contribution < -0.4 is 9.44 Å². The number of hydrogen-bond acceptors (Lipinski definition) is 5. The molecule has 0 atom stereocenters. The molecule has 3 rings (SSSR count). The normalized spacial score (nSPS) is 12.1. The summed E-state index contributed by atoms with van der Waals surface area (Å²) in [6.45, 7) is 1.74. The molecule has 0 aliphatic carbocycles. The second-order valence-electron chi connectivity index (χ2n) is 5.95. The zero-order chi connectivity index (χ0) is 20.4. The Morgan fingerprint density at radius 1 is 0.929 bits per heavy atom. The van der Waals surface area contributed by atoms with Crippen LogP contribution in [0.3, 0.4) is 0 Å². The predicted molar refractivity (Wildman–Crippen MR) is 106 cm³/mol. The molecule has 0 saturated heterocycles. The quantitative estimate of drug-likeness (QED) is 0.584. The van der Waals surface area contributed by atoms with Crippen molar-refractivity contribution in [3.8, 4) is 0 Å². The van der Waals surface area contributed by atoms with Crippen molar-refractivity contribution in [2.24, 2.45) is 0 Å². The van der Waals surface area contributed by atoms with Gasteiger partial charge in [0.15, 0.2) is 0 Å². The van der Waals surface area contributed by atoms with E-state index in [9.17, 15) is 16.8 Å². The third kappa shape index (κ3) is 4.74. The molecule has 0 aliphatic heterocycles. The van der Waals surface area contributed by atoms with Crippen LogP contribution in [0.1, 0.15) is 11.3 Å². The molecular weight excluding hydrogens is 424 g/mol. The van der Waals surface area contributed by atoms with E-state index >= 15 is 0 Å². The Kier molecular flexibility index (Phi) is 5.80. The summed E-state index contributed by atoms with van der Waals surface area (Å²) in [6.07, 6.45) is 1.44. The molecule has 10 heteroatoms. The topological polar surface area (TPSA) is 105 Å². The fraction of sp³-hybridized carbons (Fsp3) is 0.111. The Hall–Kier alpha value is -2.33. The van der Waals surface area contributed by atoms with Gasteiger partial charge in [-0.15, -0.1) is 0 Å². The van der Waals surface area contributed by atoms with Gasteiger partial charge in [0, 0.05) is 5.02 Å². The maximum absolute atomic E-state index is 12.6. The van der Waals surface area contributed by atoms with Crippen LogP contribution in [0.2, 0.25) is 5.02 Å². The minimum atomic E-state index is -3.93. The summed E-state index contributed by atoms with van der Waals surface area (Å²) in [5, 5.41) is 0.321. The van der Waals surface area contributed by atoms with Crippen molar-refractivity contribution in [3.63, 3.8) is 0 Å². The lowest BCUT2D eigenvalue weighted by atomic mass is 10.2. The molecule has 2 N–H and O–H groups in total. The molecule has 1 aromatic heterocycles. The molecule has 3 aromatic rings. The summed E-state index contributed by atoms with van der Waals surface area (Å²) in [6, 6.07) is 13.1. The minimum Gasteiger partial charge on any atom is -0.468 e. The summed E-state index contributed by atoms with van der Waals surface area (Å²) in [5.41, 5.74) is 0.855. The van der Waals surface area contributed by atoms with Crippen molar-refractivity contribution in [3.05, 3.63) is 77.2 Å². The molecule has 0 radical (unpaired) electrons. The van der Waals surface area contributed by atoms with Gasteiger partial charge < -0.3 is 4.42 Å². The summed E-state index contributed by atoms with van der Waals surface area (Å²) in [5.74, 6) is 0.455. The van der Waals surface area contributed by atoms with Crippen LogP contribution in [-0.2, 0) is 26.6 Å². The number of nitrogens with one attached hydrogen (secondary N) is 2. The lowest BCUT2D eigenvalue weighted by molar-refractivity contribution is 0.498. The highest BCUT2D eigenvalue weighted by molar-refractivity contribution is 7.92. The van der Waals surface area contributed by atoms with Gasteiger partial charge in [0.05, 0.1) is 28.3 Å². The zero-order valence-corrected chi connectivity index (χ0v) is 17.1. The lowest BCUT2D eigenvalue weighted by Gasteiger charge is -2.11. The average Bonchev–Trinajstić information content (AvgIpc) is 3.16. The summed E-state index contributed by atoms with van der Waals surface area (Å²) in [4.78, 5) is -0.103. The van der Waals surface area contributed by atoms with Crippen LogP contribution in [0, 0.1) is 6.92 Å². The van der Waals surface area contributed by atoms with Gasteiger partial charge >= 0.3 is 0 Å². The maximum atomic E-state index is 12.6. The number of sulfonamides is 2. The first kappa shape index (κ1) is 20.4. The Labute approximate surface area is 168 Å². The Morgan fingerprint density at radius 2 is 1.68 bits per heavy atom. The minimum absolute atomic E-state index is 0.0207. The first-order chi connectivity index (χ1) is 13.2. The van der Waals surface area contributed by atoms with Gasteiger partial charge in [0.2, 0.25) is 10.0 Å². The van der Waals surface area contributed by atoms with Crippen LogP contribution in [0.15, 0.2) is 75.1 Å². The zero-order valence-electron chi connectivity index (χ0n) is 14.7. The molecule has 0 fully saturated rings. The molecule has 2 aromatic carbocycles. The number of rotatable bonds is 7. The van der Waals surface area contributed by atoms with Gasteiger partial charge in [-0.05, 0) is 55.0 Å². The number of benzene rings is 2. The Morgan fingerprint density at radius 3 is 2.36 bits per heavy atom. The van der Waals surface area contributed by atoms with E-state index in [1.54, 1.807) is 25.1 Å². The van der Waals surface area contributed by atoms with E-state index in [1.165, 1.54) is 42.7 Å². The number of aryl methyl sites for hydroxylation is 1. The van der Waals surface area contributed by atoms with Crippen molar-refractivity contribution in [2.45, 2.75) is 23.3 Å².